The fourth-order valence-electron chi connectivity index (χ4n) is 2.03. The van der Waals surface area contributed by atoms with Crippen molar-refractivity contribution in [1.29, 1.82) is 5.26 Å². The Labute approximate surface area is 96.7 Å². The van der Waals surface area contributed by atoms with Crippen LogP contribution in [0.15, 0.2) is 18.3 Å². The molecule has 84 valence electrons. The van der Waals surface area contributed by atoms with Gasteiger partial charge in [-0.1, -0.05) is 6.42 Å². The largest absolute Gasteiger partial charge is 0.357 e. The number of nitriles is 1. The molecule has 0 aromatic carbocycles. The SMILES string of the molecule is CCN(CC1CCC1)c1cc(C#N)ccn1. The summed E-state index contributed by atoms with van der Waals surface area (Å²) < 4.78 is 0. The van der Waals surface area contributed by atoms with Crippen molar-refractivity contribution in [3.63, 3.8) is 0 Å². The van der Waals surface area contributed by atoms with Gasteiger partial charge in [-0.05, 0) is 37.8 Å². The van der Waals surface area contributed by atoms with Crippen molar-refractivity contribution in [3.8, 4) is 6.07 Å². The molecule has 0 unspecified atom stereocenters. The molecule has 0 atom stereocenters. The van der Waals surface area contributed by atoms with Crippen molar-refractivity contribution < 1.29 is 0 Å². The molecule has 0 saturated heterocycles. The van der Waals surface area contributed by atoms with Gasteiger partial charge in [-0.3, -0.25) is 0 Å². The first-order chi connectivity index (χ1) is 7.83. The minimum absolute atomic E-state index is 0.692. The van der Waals surface area contributed by atoms with Crippen LogP contribution in [0.2, 0.25) is 0 Å². The van der Waals surface area contributed by atoms with Crippen LogP contribution in [0, 0.1) is 17.2 Å². The molecule has 1 aromatic heterocycles. The zero-order valence-electron chi connectivity index (χ0n) is 9.69. The van der Waals surface area contributed by atoms with Crippen molar-refractivity contribution in [2.24, 2.45) is 5.92 Å². The van der Waals surface area contributed by atoms with E-state index < -0.39 is 0 Å². The van der Waals surface area contributed by atoms with E-state index in [0.717, 1.165) is 24.8 Å². The molecule has 1 heterocycles. The van der Waals surface area contributed by atoms with E-state index in [-0.39, 0.29) is 0 Å². The summed E-state index contributed by atoms with van der Waals surface area (Å²) in [5, 5.41) is 8.86. The number of nitrogens with zero attached hydrogens (tertiary/aromatic N) is 3. The fourth-order valence-corrected chi connectivity index (χ4v) is 2.03. The second kappa shape index (κ2) is 4.98. The van der Waals surface area contributed by atoms with E-state index in [0.29, 0.717) is 5.56 Å². The molecule has 0 N–H and O–H groups in total. The van der Waals surface area contributed by atoms with Crippen molar-refractivity contribution in [3.05, 3.63) is 23.9 Å². The highest BCUT2D eigenvalue weighted by Crippen LogP contribution is 2.28. The van der Waals surface area contributed by atoms with Crippen LogP contribution in [0.4, 0.5) is 5.82 Å². The van der Waals surface area contributed by atoms with Crippen molar-refractivity contribution in [1.82, 2.24) is 4.98 Å². The summed E-state index contributed by atoms with van der Waals surface area (Å²) in [5.74, 6) is 1.76. The second-order valence-electron chi connectivity index (χ2n) is 4.35. The Morgan fingerprint density at radius 1 is 1.56 bits per heavy atom. The third-order valence-electron chi connectivity index (χ3n) is 3.28. The first kappa shape index (κ1) is 10.9. The van der Waals surface area contributed by atoms with Gasteiger partial charge in [-0.15, -0.1) is 0 Å². The number of anilines is 1. The summed E-state index contributed by atoms with van der Waals surface area (Å²) in [6.07, 6.45) is 5.77. The van der Waals surface area contributed by atoms with Crippen LogP contribution in [0.1, 0.15) is 31.7 Å². The lowest BCUT2D eigenvalue weighted by molar-refractivity contribution is 0.318. The van der Waals surface area contributed by atoms with Crippen molar-refractivity contribution in [2.45, 2.75) is 26.2 Å². The smallest absolute Gasteiger partial charge is 0.129 e. The molecular formula is C13H17N3. The fraction of sp³-hybridized carbons (Fsp3) is 0.538. The molecule has 1 aliphatic carbocycles. The topological polar surface area (TPSA) is 39.9 Å². The van der Waals surface area contributed by atoms with Gasteiger partial charge in [-0.2, -0.15) is 5.26 Å². The Morgan fingerprint density at radius 3 is 2.94 bits per heavy atom. The molecule has 1 fully saturated rings. The minimum Gasteiger partial charge on any atom is -0.357 e. The molecule has 0 aliphatic heterocycles. The van der Waals surface area contributed by atoms with Crippen LogP contribution >= 0.6 is 0 Å². The molecule has 3 heteroatoms. The molecule has 0 amide bonds. The van der Waals surface area contributed by atoms with E-state index >= 15 is 0 Å². The highest BCUT2D eigenvalue weighted by Gasteiger charge is 2.20. The summed E-state index contributed by atoms with van der Waals surface area (Å²) in [6, 6.07) is 5.79. The first-order valence-corrected chi connectivity index (χ1v) is 5.94. The summed E-state index contributed by atoms with van der Waals surface area (Å²) in [6.45, 7) is 4.18. The zero-order valence-corrected chi connectivity index (χ0v) is 9.69. The lowest BCUT2D eigenvalue weighted by atomic mass is 9.85. The molecular weight excluding hydrogens is 198 g/mol. The number of pyridine rings is 1. The third-order valence-corrected chi connectivity index (χ3v) is 3.28. The maximum Gasteiger partial charge on any atom is 0.129 e. The van der Waals surface area contributed by atoms with Gasteiger partial charge in [0.25, 0.3) is 0 Å². The van der Waals surface area contributed by atoms with Crippen LogP contribution in [0.3, 0.4) is 0 Å². The highest BCUT2D eigenvalue weighted by molar-refractivity contribution is 5.44. The molecule has 2 rings (SSSR count). The Bertz CT molecular complexity index is 390. The number of hydrogen-bond donors (Lipinski definition) is 0. The maximum absolute atomic E-state index is 8.86. The standard InChI is InChI=1S/C13H17N3/c1-2-16(10-11-4-3-5-11)13-8-12(9-14)6-7-15-13/h6-8,11H,2-5,10H2,1H3. The Balaban J connectivity index is 2.09. The van der Waals surface area contributed by atoms with E-state index in [1.54, 1.807) is 12.3 Å². The summed E-state index contributed by atoms with van der Waals surface area (Å²) in [5.41, 5.74) is 0.692. The molecule has 1 aliphatic rings. The van der Waals surface area contributed by atoms with E-state index in [9.17, 15) is 0 Å². The normalized spacial score (nSPS) is 15.2. The van der Waals surface area contributed by atoms with Gasteiger partial charge in [0.1, 0.15) is 5.82 Å². The summed E-state index contributed by atoms with van der Waals surface area (Å²) in [7, 11) is 0. The predicted octanol–water partition coefficient (Wildman–Crippen LogP) is 2.58. The van der Waals surface area contributed by atoms with Crippen LogP contribution in [-0.2, 0) is 0 Å². The number of rotatable bonds is 4. The van der Waals surface area contributed by atoms with Crippen LogP contribution < -0.4 is 4.90 Å². The van der Waals surface area contributed by atoms with Crippen LogP contribution in [-0.4, -0.2) is 18.1 Å². The lowest BCUT2D eigenvalue weighted by Crippen LogP contribution is -2.32. The average molecular weight is 215 g/mol. The molecule has 1 saturated carbocycles. The van der Waals surface area contributed by atoms with Crippen LogP contribution in [0.25, 0.3) is 0 Å². The van der Waals surface area contributed by atoms with Crippen molar-refractivity contribution in [2.75, 3.05) is 18.0 Å². The monoisotopic (exact) mass is 215 g/mol. The average Bonchev–Trinajstić information content (AvgIpc) is 2.28. The number of hydrogen-bond acceptors (Lipinski definition) is 3. The Hall–Kier alpha value is -1.56. The van der Waals surface area contributed by atoms with Crippen LogP contribution in [0.5, 0.6) is 0 Å². The Morgan fingerprint density at radius 2 is 2.38 bits per heavy atom. The summed E-state index contributed by atoms with van der Waals surface area (Å²) in [4.78, 5) is 6.61. The third kappa shape index (κ3) is 2.33. The van der Waals surface area contributed by atoms with Gasteiger partial charge in [-0.25, -0.2) is 4.98 Å². The highest BCUT2D eigenvalue weighted by atomic mass is 15.2. The van der Waals surface area contributed by atoms with Gasteiger partial charge in [0, 0.05) is 19.3 Å². The quantitative estimate of drug-likeness (QED) is 0.775. The van der Waals surface area contributed by atoms with Gasteiger partial charge >= 0.3 is 0 Å². The van der Waals surface area contributed by atoms with Gasteiger partial charge in [0.15, 0.2) is 0 Å². The summed E-state index contributed by atoms with van der Waals surface area (Å²) >= 11 is 0. The first-order valence-electron chi connectivity index (χ1n) is 5.94. The van der Waals surface area contributed by atoms with Crippen molar-refractivity contribution >= 4 is 5.82 Å². The van der Waals surface area contributed by atoms with Gasteiger partial charge in [0.05, 0.1) is 11.6 Å². The van der Waals surface area contributed by atoms with E-state index in [2.05, 4.69) is 22.9 Å². The predicted molar refractivity (Wildman–Crippen MR) is 64.2 cm³/mol. The zero-order chi connectivity index (χ0) is 11.4. The molecule has 0 bridgehead atoms. The molecule has 16 heavy (non-hydrogen) atoms. The molecule has 0 radical (unpaired) electrons. The number of aromatic nitrogens is 1. The molecule has 0 spiro atoms. The van der Waals surface area contributed by atoms with E-state index in [1.165, 1.54) is 19.3 Å². The van der Waals surface area contributed by atoms with Gasteiger partial charge < -0.3 is 4.90 Å². The molecule has 1 aromatic rings. The van der Waals surface area contributed by atoms with E-state index in [1.807, 2.05) is 6.07 Å². The van der Waals surface area contributed by atoms with Gasteiger partial charge in [0.2, 0.25) is 0 Å². The second-order valence-corrected chi connectivity index (χ2v) is 4.35. The Kier molecular flexibility index (Phi) is 3.40. The minimum atomic E-state index is 0.692. The molecule has 3 nitrogen and oxygen atoms in total. The maximum atomic E-state index is 8.86. The lowest BCUT2D eigenvalue weighted by Gasteiger charge is -2.32. The van der Waals surface area contributed by atoms with E-state index in [4.69, 9.17) is 5.26 Å².